The van der Waals surface area contributed by atoms with Crippen LogP contribution in [0.3, 0.4) is 0 Å². The van der Waals surface area contributed by atoms with Crippen molar-refractivity contribution in [2.75, 3.05) is 13.1 Å². The van der Waals surface area contributed by atoms with E-state index in [1.807, 2.05) is 18.4 Å². The molecule has 0 saturated carbocycles. The van der Waals surface area contributed by atoms with Gasteiger partial charge in [-0.25, -0.2) is 0 Å². The molecule has 0 radical (unpaired) electrons. The summed E-state index contributed by atoms with van der Waals surface area (Å²) in [5.74, 6) is -0.828. The Kier molecular flexibility index (Phi) is 3.94. The van der Waals surface area contributed by atoms with E-state index in [4.69, 9.17) is 0 Å². The van der Waals surface area contributed by atoms with Crippen molar-refractivity contribution in [2.45, 2.75) is 33.1 Å². The number of carboxylic acid groups (broad SMARTS) is 1. The summed E-state index contributed by atoms with van der Waals surface area (Å²) in [7, 11) is 0. The molecule has 5 heteroatoms. The molecule has 1 N–H and O–H groups in total. The number of hydrogen-bond donors (Lipinski definition) is 1. The molecule has 1 unspecified atom stereocenters. The summed E-state index contributed by atoms with van der Waals surface area (Å²) in [4.78, 5) is 26.3. The number of carbonyl (C=O) groups excluding carboxylic acids is 1. The summed E-state index contributed by atoms with van der Waals surface area (Å²) in [6.45, 7) is 4.71. The highest BCUT2D eigenvalue weighted by Gasteiger charge is 2.39. The quantitative estimate of drug-likeness (QED) is 0.926. The van der Waals surface area contributed by atoms with Crippen molar-refractivity contribution >= 4 is 23.2 Å². The van der Waals surface area contributed by atoms with Gasteiger partial charge in [-0.1, -0.05) is 6.92 Å². The van der Waals surface area contributed by atoms with Gasteiger partial charge in [-0.2, -0.15) is 0 Å². The Balaban J connectivity index is 2.18. The number of piperidine rings is 1. The Morgan fingerprint density at radius 2 is 2.26 bits per heavy atom. The Hall–Kier alpha value is -1.36. The highest BCUT2D eigenvalue weighted by molar-refractivity contribution is 7.12. The lowest BCUT2D eigenvalue weighted by Gasteiger charge is -2.37. The third-order valence-electron chi connectivity index (χ3n) is 3.82. The van der Waals surface area contributed by atoms with Gasteiger partial charge in [-0.05, 0) is 43.2 Å². The van der Waals surface area contributed by atoms with Crippen LogP contribution in [0.25, 0.3) is 0 Å². The number of thiophene rings is 1. The summed E-state index contributed by atoms with van der Waals surface area (Å²) in [6, 6.07) is 1.97. The zero-order valence-electron chi connectivity index (χ0n) is 11.3. The number of aryl methyl sites for hydroxylation is 1. The number of likely N-dealkylation sites (tertiary alicyclic amines) is 1. The predicted molar refractivity (Wildman–Crippen MR) is 74.6 cm³/mol. The minimum absolute atomic E-state index is 0.0148. The molecule has 0 bridgehead atoms. The maximum atomic E-state index is 12.5. The van der Waals surface area contributed by atoms with Crippen LogP contribution < -0.4 is 0 Å². The summed E-state index contributed by atoms with van der Waals surface area (Å²) >= 11 is 1.45. The van der Waals surface area contributed by atoms with Crippen LogP contribution in [-0.2, 0) is 11.2 Å². The zero-order valence-corrected chi connectivity index (χ0v) is 12.1. The standard InChI is InChI=1S/C14H19NO3S/c1-3-10-5-8-19-11(10)12(16)15-7-4-6-14(2,9-15)13(17)18/h5,8H,3-4,6-7,9H2,1-2H3,(H,17,18). The minimum Gasteiger partial charge on any atom is -0.481 e. The maximum Gasteiger partial charge on any atom is 0.311 e. The van der Waals surface area contributed by atoms with E-state index >= 15 is 0 Å². The van der Waals surface area contributed by atoms with E-state index < -0.39 is 11.4 Å². The highest BCUT2D eigenvalue weighted by Crippen LogP contribution is 2.31. The average Bonchev–Trinajstić information content (AvgIpc) is 2.86. The van der Waals surface area contributed by atoms with Gasteiger partial charge in [-0.15, -0.1) is 11.3 Å². The van der Waals surface area contributed by atoms with Gasteiger partial charge >= 0.3 is 5.97 Å². The van der Waals surface area contributed by atoms with E-state index in [0.717, 1.165) is 23.3 Å². The molecule has 1 amide bonds. The molecule has 1 aromatic rings. The van der Waals surface area contributed by atoms with Crippen molar-refractivity contribution in [1.29, 1.82) is 0 Å². The number of rotatable bonds is 3. The molecule has 1 aliphatic heterocycles. The van der Waals surface area contributed by atoms with Gasteiger partial charge < -0.3 is 10.0 Å². The fraction of sp³-hybridized carbons (Fsp3) is 0.571. The second-order valence-electron chi connectivity index (χ2n) is 5.32. The molecule has 1 atom stereocenters. The predicted octanol–water partition coefficient (Wildman–Crippen LogP) is 2.64. The maximum absolute atomic E-state index is 12.5. The van der Waals surface area contributed by atoms with Crippen LogP contribution in [0, 0.1) is 5.41 Å². The molecule has 0 spiro atoms. The van der Waals surface area contributed by atoms with Crippen molar-refractivity contribution in [1.82, 2.24) is 4.90 Å². The molecule has 0 aliphatic carbocycles. The van der Waals surface area contributed by atoms with E-state index in [1.54, 1.807) is 11.8 Å². The molecule has 4 nitrogen and oxygen atoms in total. The number of carboxylic acids is 1. The van der Waals surface area contributed by atoms with Gasteiger partial charge in [0.05, 0.1) is 10.3 Å². The van der Waals surface area contributed by atoms with Crippen LogP contribution in [-0.4, -0.2) is 35.0 Å². The van der Waals surface area contributed by atoms with Crippen molar-refractivity contribution in [3.05, 3.63) is 21.9 Å². The highest BCUT2D eigenvalue weighted by atomic mass is 32.1. The van der Waals surface area contributed by atoms with Crippen LogP contribution in [0.2, 0.25) is 0 Å². The molecule has 1 aliphatic rings. The lowest BCUT2D eigenvalue weighted by Crippen LogP contribution is -2.48. The lowest BCUT2D eigenvalue weighted by molar-refractivity contribution is -0.150. The first-order valence-electron chi connectivity index (χ1n) is 6.57. The average molecular weight is 281 g/mol. The minimum atomic E-state index is -0.813. The van der Waals surface area contributed by atoms with E-state index in [0.29, 0.717) is 19.5 Å². The first-order valence-corrected chi connectivity index (χ1v) is 7.45. The molecule has 19 heavy (non-hydrogen) atoms. The van der Waals surface area contributed by atoms with Gasteiger partial charge in [0.1, 0.15) is 0 Å². The number of carbonyl (C=O) groups is 2. The van der Waals surface area contributed by atoms with Crippen LogP contribution in [0.5, 0.6) is 0 Å². The normalized spacial score (nSPS) is 23.4. The topological polar surface area (TPSA) is 57.6 Å². The molecule has 104 valence electrons. The molecule has 1 fully saturated rings. The summed E-state index contributed by atoms with van der Waals surface area (Å²) in [5.41, 5.74) is 0.245. The monoisotopic (exact) mass is 281 g/mol. The third kappa shape index (κ3) is 2.66. The molecule has 2 heterocycles. The summed E-state index contributed by atoms with van der Waals surface area (Å²) in [5, 5.41) is 11.2. The van der Waals surface area contributed by atoms with Crippen LogP contribution in [0.15, 0.2) is 11.4 Å². The molecule has 0 aromatic carbocycles. The Labute approximate surface area is 117 Å². The Bertz CT molecular complexity index is 497. The van der Waals surface area contributed by atoms with Gasteiger partial charge in [0.25, 0.3) is 5.91 Å². The number of hydrogen-bond acceptors (Lipinski definition) is 3. The van der Waals surface area contributed by atoms with E-state index in [-0.39, 0.29) is 5.91 Å². The fourth-order valence-corrected chi connectivity index (χ4v) is 3.49. The van der Waals surface area contributed by atoms with Gasteiger partial charge in [0.2, 0.25) is 0 Å². The SMILES string of the molecule is CCc1ccsc1C(=O)N1CCCC(C)(C(=O)O)C1. The Morgan fingerprint density at radius 1 is 1.53 bits per heavy atom. The summed E-state index contributed by atoms with van der Waals surface area (Å²) < 4.78 is 0. The van der Waals surface area contributed by atoms with Crippen LogP contribution in [0.1, 0.15) is 41.9 Å². The van der Waals surface area contributed by atoms with Crippen molar-refractivity contribution in [3.63, 3.8) is 0 Å². The molecular weight excluding hydrogens is 262 g/mol. The second-order valence-corrected chi connectivity index (χ2v) is 6.24. The number of nitrogens with zero attached hydrogens (tertiary/aromatic N) is 1. The van der Waals surface area contributed by atoms with Gasteiger partial charge in [0, 0.05) is 13.1 Å². The lowest BCUT2D eigenvalue weighted by atomic mass is 9.82. The van der Waals surface area contributed by atoms with Crippen molar-refractivity contribution in [3.8, 4) is 0 Å². The molecule has 1 aromatic heterocycles. The van der Waals surface area contributed by atoms with E-state index in [1.165, 1.54) is 11.3 Å². The molecule has 1 saturated heterocycles. The van der Waals surface area contributed by atoms with Crippen LogP contribution >= 0.6 is 11.3 Å². The van der Waals surface area contributed by atoms with E-state index in [2.05, 4.69) is 0 Å². The van der Waals surface area contributed by atoms with Crippen LogP contribution in [0.4, 0.5) is 0 Å². The number of aliphatic carboxylic acids is 1. The van der Waals surface area contributed by atoms with Crippen molar-refractivity contribution < 1.29 is 14.7 Å². The van der Waals surface area contributed by atoms with Crippen molar-refractivity contribution in [2.24, 2.45) is 5.41 Å². The van der Waals surface area contributed by atoms with Gasteiger partial charge in [0.15, 0.2) is 0 Å². The smallest absolute Gasteiger partial charge is 0.311 e. The third-order valence-corrected chi connectivity index (χ3v) is 4.77. The second kappa shape index (κ2) is 5.33. The first kappa shape index (κ1) is 14.1. The fourth-order valence-electron chi connectivity index (χ4n) is 2.53. The summed E-state index contributed by atoms with van der Waals surface area (Å²) in [6.07, 6.45) is 2.22. The first-order chi connectivity index (χ1) is 8.98. The zero-order chi connectivity index (χ0) is 14.0. The Morgan fingerprint density at radius 3 is 2.89 bits per heavy atom. The van der Waals surface area contributed by atoms with Gasteiger partial charge in [-0.3, -0.25) is 9.59 Å². The van der Waals surface area contributed by atoms with E-state index in [9.17, 15) is 14.7 Å². The largest absolute Gasteiger partial charge is 0.481 e. The number of amides is 1. The molecular formula is C14H19NO3S. The molecule has 2 rings (SSSR count).